The lowest BCUT2D eigenvalue weighted by Gasteiger charge is -2.19. The minimum absolute atomic E-state index is 0.256. The predicted molar refractivity (Wildman–Crippen MR) is 116 cm³/mol. The van der Waals surface area contributed by atoms with Crippen LogP contribution >= 0.6 is 11.6 Å². The zero-order valence-electron chi connectivity index (χ0n) is 16.4. The molecule has 4 nitrogen and oxygen atoms in total. The second-order valence-electron chi connectivity index (χ2n) is 7.26. The monoisotopic (exact) mass is 385 g/mol. The Bertz CT molecular complexity index is 809. The van der Waals surface area contributed by atoms with E-state index in [1.807, 2.05) is 82.4 Å². The maximum absolute atomic E-state index is 8.29. The Kier molecular flexibility index (Phi) is 7.45. The first-order valence-corrected chi connectivity index (χ1v) is 9.35. The van der Waals surface area contributed by atoms with Crippen LogP contribution in [0.25, 0.3) is 5.70 Å². The van der Waals surface area contributed by atoms with E-state index in [1.165, 1.54) is 0 Å². The lowest BCUT2D eigenvalue weighted by Crippen LogP contribution is -2.23. The van der Waals surface area contributed by atoms with E-state index in [0.29, 0.717) is 12.3 Å². The van der Waals surface area contributed by atoms with Gasteiger partial charge in [0.1, 0.15) is 0 Å². The molecule has 144 valence electrons. The van der Waals surface area contributed by atoms with Gasteiger partial charge >= 0.3 is 0 Å². The molecule has 0 aromatic heterocycles. The Balaban J connectivity index is 2.23. The SMILES string of the molecule is CNc1cccc(/C(=C/C(=N)COC(C)(C)C)NCc2ccccc2Cl)c1. The average molecular weight is 386 g/mol. The summed E-state index contributed by atoms with van der Waals surface area (Å²) in [6.45, 7) is 6.78. The molecule has 2 rings (SSSR count). The summed E-state index contributed by atoms with van der Waals surface area (Å²) in [5.41, 5.74) is 3.99. The largest absolute Gasteiger partial charge is 0.388 e. The summed E-state index contributed by atoms with van der Waals surface area (Å²) in [5.74, 6) is 0. The molecule has 0 amide bonds. The molecule has 2 aromatic carbocycles. The van der Waals surface area contributed by atoms with Crippen LogP contribution in [0, 0.1) is 5.41 Å². The van der Waals surface area contributed by atoms with Crippen LogP contribution in [-0.2, 0) is 11.3 Å². The zero-order chi connectivity index (χ0) is 19.9. The molecule has 0 radical (unpaired) electrons. The number of nitrogens with one attached hydrogen (secondary N) is 3. The quantitative estimate of drug-likeness (QED) is 0.537. The van der Waals surface area contributed by atoms with Crippen molar-refractivity contribution in [2.24, 2.45) is 0 Å². The van der Waals surface area contributed by atoms with Gasteiger partial charge in [0.05, 0.1) is 17.9 Å². The first-order valence-electron chi connectivity index (χ1n) is 8.97. The van der Waals surface area contributed by atoms with E-state index in [4.69, 9.17) is 21.7 Å². The molecule has 0 heterocycles. The number of hydrogen-bond acceptors (Lipinski definition) is 4. The van der Waals surface area contributed by atoms with Gasteiger partial charge in [-0.1, -0.05) is 41.9 Å². The number of hydrogen-bond donors (Lipinski definition) is 3. The highest BCUT2D eigenvalue weighted by molar-refractivity contribution is 6.31. The third-order valence-corrected chi connectivity index (χ3v) is 4.24. The summed E-state index contributed by atoms with van der Waals surface area (Å²) >= 11 is 6.28. The van der Waals surface area contributed by atoms with Crippen LogP contribution in [0.4, 0.5) is 5.69 Å². The van der Waals surface area contributed by atoms with Gasteiger partial charge < -0.3 is 20.8 Å². The second-order valence-corrected chi connectivity index (χ2v) is 7.67. The number of rotatable bonds is 8. The molecule has 2 aromatic rings. The van der Waals surface area contributed by atoms with Crippen molar-refractivity contribution in [2.45, 2.75) is 32.9 Å². The number of halogens is 1. The van der Waals surface area contributed by atoms with E-state index in [1.54, 1.807) is 0 Å². The molecular weight excluding hydrogens is 358 g/mol. The summed E-state index contributed by atoms with van der Waals surface area (Å²) in [6, 6.07) is 15.8. The average Bonchev–Trinajstić information content (AvgIpc) is 2.64. The standard InChI is InChI=1S/C22H28ClN3O/c1-22(2,3)27-15-18(24)13-21(16-9-7-10-19(12-16)25-4)26-14-17-8-5-6-11-20(17)23/h5-13,24-26H,14-15H2,1-4H3/b21-13-,24-18?. The number of benzene rings is 2. The molecule has 0 aliphatic heterocycles. The number of ether oxygens (including phenoxy) is 1. The van der Waals surface area contributed by atoms with Crippen LogP contribution in [0.5, 0.6) is 0 Å². The Morgan fingerprint density at radius 1 is 1.15 bits per heavy atom. The summed E-state index contributed by atoms with van der Waals surface area (Å²) in [7, 11) is 1.89. The van der Waals surface area contributed by atoms with Crippen molar-refractivity contribution in [3.63, 3.8) is 0 Å². The molecule has 0 fully saturated rings. The lowest BCUT2D eigenvalue weighted by atomic mass is 10.1. The van der Waals surface area contributed by atoms with Gasteiger partial charge in [-0.15, -0.1) is 0 Å². The van der Waals surface area contributed by atoms with Gasteiger partial charge in [0, 0.05) is 30.0 Å². The molecule has 0 saturated heterocycles. The van der Waals surface area contributed by atoms with Gasteiger partial charge in [-0.05, 0) is 56.2 Å². The highest BCUT2D eigenvalue weighted by Gasteiger charge is 2.12. The molecule has 0 saturated carbocycles. The third kappa shape index (κ3) is 7.08. The normalized spacial score (nSPS) is 12.0. The molecule has 0 unspecified atom stereocenters. The molecule has 0 bridgehead atoms. The third-order valence-electron chi connectivity index (χ3n) is 3.87. The maximum atomic E-state index is 8.29. The van der Waals surface area contributed by atoms with E-state index < -0.39 is 0 Å². The van der Waals surface area contributed by atoms with Crippen molar-refractivity contribution in [1.29, 1.82) is 5.41 Å². The fraction of sp³-hybridized carbons (Fsp3) is 0.318. The molecule has 0 atom stereocenters. The van der Waals surface area contributed by atoms with Crippen molar-refractivity contribution < 1.29 is 4.74 Å². The minimum Gasteiger partial charge on any atom is -0.388 e. The van der Waals surface area contributed by atoms with Gasteiger partial charge in [-0.2, -0.15) is 0 Å². The molecule has 0 spiro atoms. The van der Waals surface area contributed by atoms with Crippen molar-refractivity contribution >= 4 is 28.7 Å². The van der Waals surface area contributed by atoms with Gasteiger partial charge in [-0.3, -0.25) is 0 Å². The molecule has 27 heavy (non-hydrogen) atoms. The maximum Gasteiger partial charge on any atom is 0.0888 e. The van der Waals surface area contributed by atoms with Gasteiger partial charge in [0.15, 0.2) is 0 Å². The van der Waals surface area contributed by atoms with Crippen LogP contribution in [0.1, 0.15) is 31.9 Å². The van der Waals surface area contributed by atoms with Crippen molar-refractivity contribution in [1.82, 2.24) is 5.32 Å². The second kappa shape index (κ2) is 9.58. The van der Waals surface area contributed by atoms with Crippen LogP contribution in [0.3, 0.4) is 0 Å². The topological polar surface area (TPSA) is 57.1 Å². The lowest BCUT2D eigenvalue weighted by molar-refractivity contribution is 0.0214. The van der Waals surface area contributed by atoms with E-state index in [0.717, 1.165) is 27.5 Å². The Morgan fingerprint density at radius 3 is 2.56 bits per heavy atom. The van der Waals surface area contributed by atoms with Gasteiger partial charge in [-0.25, -0.2) is 0 Å². The zero-order valence-corrected chi connectivity index (χ0v) is 17.2. The van der Waals surface area contributed by atoms with E-state index in [9.17, 15) is 0 Å². The minimum atomic E-state index is -0.280. The van der Waals surface area contributed by atoms with Crippen LogP contribution < -0.4 is 10.6 Å². The van der Waals surface area contributed by atoms with Gasteiger partial charge in [0.25, 0.3) is 0 Å². The van der Waals surface area contributed by atoms with Crippen LogP contribution in [0.2, 0.25) is 5.02 Å². The first kappa shape index (κ1) is 21.0. The van der Waals surface area contributed by atoms with Gasteiger partial charge in [0.2, 0.25) is 0 Å². The van der Waals surface area contributed by atoms with Crippen molar-refractivity contribution in [2.75, 3.05) is 19.0 Å². The van der Waals surface area contributed by atoms with Crippen molar-refractivity contribution in [3.05, 3.63) is 70.8 Å². The Morgan fingerprint density at radius 2 is 1.89 bits per heavy atom. The molecule has 5 heteroatoms. The van der Waals surface area contributed by atoms with Crippen LogP contribution in [0.15, 0.2) is 54.6 Å². The molecule has 3 N–H and O–H groups in total. The molecule has 0 aliphatic rings. The highest BCUT2D eigenvalue weighted by atomic mass is 35.5. The fourth-order valence-electron chi connectivity index (χ4n) is 2.42. The summed E-state index contributed by atoms with van der Waals surface area (Å²) in [6.07, 6.45) is 1.82. The smallest absolute Gasteiger partial charge is 0.0888 e. The summed E-state index contributed by atoms with van der Waals surface area (Å²) in [5, 5.41) is 15.6. The van der Waals surface area contributed by atoms with E-state index >= 15 is 0 Å². The Hall–Kier alpha value is -2.30. The van der Waals surface area contributed by atoms with Crippen molar-refractivity contribution in [3.8, 4) is 0 Å². The summed E-state index contributed by atoms with van der Waals surface area (Å²) < 4.78 is 5.72. The fourth-order valence-corrected chi connectivity index (χ4v) is 2.62. The predicted octanol–water partition coefficient (Wildman–Crippen LogP) is 5.35. The number of anilines is 1. The molecule has 0 aliphatic carbocycles. The summed E-state index contributed by atoms with van der Waals surface area (Å²) in [4.78, 5) is 0. The molecular formula is C22H28ClN3O. The highest BCUT2D eigenvalue weighted by Crippen LogP contribution is 2.20. The van der Waals surface area contributed by atoms with E-state index in [2.05, 4.69) is 10.6 Å². The van der Waals surface area contributed by atoms with Crippen LogP contribution in [-0.4, -0.2) is 25.0 Å². The first-order chi connectivity index (χ1) is 12.8. The Labute approximate surface area is 167 Å². The van der Waals surface area contributed by atoms with E-state index in [-0.39, 0.29) is 12.2 Å².